The highest BCUT2D eigenvalue weighted by Gasteiger charge is 2.08. The first kappa shape index (κ1) is 13.5. The van der Waals surface area contributed by atoms with Gasteiger partial charge in [-0.1, -0.05) is 19.4 Å². The Balaban J connectivity index is 2.24. The lowest BCUT2D eigenvalue weighted by Gasteiger charge is -2.13. The van der Waals surface area contributed by atoms with E-state index in [0.717, 1.165) is 24.3 Å². The van der Waals surface area contributed by atoms with Crippen LogP contribution in [-0.4, -0.2) is 18.3 Å². The first-order valence-corrected chi connectivity index (χ1v) is 7.02. The average Bonchev–Trinajstić information content (AvgIpc) is 2.76. The van der Waals surface area contributed by atoms with Gasteiger partial charge in [0.25, 0.3) is 0 Å². The standard InChI is InChI=1S/C12H18ClNOS/c1-2-10(5-6-13)9-14-12(15)8-11-4-3-7-16-11/h3-4,7,10H,2,5-6,8-9H2,1H3,(H,14,15). The summed E-state index contributed by atoms with van der Waals surface area (Å²) in [6.45, 7) is 2.87. The van der Waals surface area contributed by atoms with E-state index < -0.39 is 0 Å². The van der Waals surface area contributed by atoms with Crippen molar-refractivity contribution in [2.45, 2.75) is 26.2 Å². The normalized spacial score (nSPS) is 12.4. The molecule has 0 aliphatic carbocycles. The number of halogens is 1. The van der Waals surface area contributed by atoms with E-state index in [1.807, 2.05) is 17.5 Å². The van der Waals surface area contributed by atoms with E-state index in [4.69, 9.17) is 11.6 Å². The summed E-state index contributed by atoms with van der Waals surface area (Å²) in [5.41, 5.74) is 0. The Morgan fingerprint density at radius 2 is 2.44 bits per heavy atom. The number of nitrogens with one attached hydrogen (secondary N) is 1. The monoisotopic (exact) mass is 259 g/mol. The molecule has 0 saturated heterocycles. The summed E-state index contributed by atoms with van der Waals surface area (Å²) in [7, 11) is 0. The van der Waals surface area contributed by atoms with Crippen LogP contribution in [0.3, 0.4) is 0 Å². The molecule has 1 N–H and O–H groups in total. The van der Waals surface area contributed by atoms with Crippen LogP contribution in [-0.2, 0) is 11.2 Å². The highest BCUT2D eigenvalue weighted by atomic mass is 35.5. The van der Waals surface area contributed by atoms with Crippen molar-refractivity contribution >= 4 is 28.8 Å². The third-order valence-electron chi connectivity index (χ3n) is 2.60. The zero-order chi connectivity index (χ0) is 11.8. The van der Waals surface area contributed by atoms with Crippen molar-refractivity contribution in [1.29, 1.82) is 0 Å². The Labute approximate surface area is 106 Å². The van der Waals surface area contributed by atoms with Gasteiger partial charge >= 0.3 is 0 Å². The average molecular weight is 260 g/mol. The first-order chi connectivity index (χ1) is 7.76. The Morgan fingerprint density at radius 1 is 1.62 bits per heavy atom. The fourth-order valence-corrected chi connectivity index (χ4v) is 2.51. The molecule has 0 saturated carbocycles. The zero-order valence-corrected chi connectivity index (χ0v) is 11.1. The second-order valence-electron chi connectivity index (χ2n) is 3.81. The number of carbonyl (C=O) groups excluding carboxylic acids is 1. The lowest BCUT2D eigenvalue weighted by Crippen LogP contribution is -2.30. The van der Waals surface area contributed by atoms with Gasteiger partial charge in [-0.15, -0.1) is 22.9 Å². The van der Waals surface area contributed by atoms with Gasteiger partial charge in [0.05, 0.1) is 6.42 Å². The molecule has 1 rings (SSSR count). The van der Waals surface area contributed by atoms with Crippen LogP contribution in [0.5, 0.6) is 0 Å². The Bertz CT molecular complexity index is 300. The molecule has 0 bridgehead atoms. The molecule has 0 aliphatic heterocycles. The summed E-state index contributed by atoms with van der Waals surface area (Å²) in [4.78, 5) is 12.7. The zero-order valence-electron chi connectivity index (χ0n) is 9.54. The SMILES string of the molecule is CCC(CCCl)CNC(=O)Cc1cccs1. The Hall–Kier alpha value is -0.540. The highest BCUT2D eigenvalue weighted by Crippen LogP contribution is 2.10. The largest absolute Gasteiger partial charge is 0.356 e. The van der Waals surface area contributed by atoms with E-state index in [0.29, 0.717) is 18.2 Å². The van der Waals surface area contributed by atoms with E-state index in [2.05, 4.69) is 12.2 Å². The third-order valence-corrected chi connectivity index (χ3v) is 3.69. The van der Waals surface area contributed by atoms with Gasteiger partial charge in [-0.05, 0) is 23.8 Å². The van der Waals surface area contributed by atoms with Crippen LogP contribution in [0.2, 0.25) is 0 Å². The number of hydrogen-bond donors (Lipinski definition) is 1. The van der Waals surface area contributed by atoms with Crippen LogP contribution < -0.4 is 5.32 Å². The molecule has 1 aromatic heterocycles. The van der Waals surface area contributed by atoms with E-state index in [-0.39, 0.29) is 5.91 Å². The van der Waals surface area contributed by atoms with Crippen molar-refractivity contribution in [3.8, 4) is 0 Å². The molecule has 1 amide bonds. The second kappa shape index (κ2) is 7.69. The summed E-state index contributed by atoms with van der Waals surface area (Å²) >= 11 is 7.31. The molecular formula is C12H18ClNOS. The number of alkyl halides is 1. The number of rotatable bonds is 7. The van der Waals surface area contributed by atoms with Gasteiger partial charge in [-0.3, -0.25) is 4.79 Å². The molecular weight excluding hydrogens is 242 g/mol. The maximum absolute atomic E-state index is 11.6. The molecule has 2 nitrogen and oxygen atoms in total. The molecule has 0 radical (unpaired) electrons. The van der Waals surface area contributed by atoms with Crippen molar-refractivity contribution in [1.82, 2.24) is 5.32 Å². The van der Waals surface area contributed by atoms with E-state index in [1.165, 1.54) is 0 Å². The smallest absolute Gasteiger partial charge is 0.225 e. The van der Waals surface area contributed by atoms with Crippen LogP contribution >= 0.6 is 22.9 Å². The van der Waals surface area contributed by atoms with Crippen molar-refractivity contribution in [3.63, 3.8) is 0 Å². The van der Waals surface area contributed by atoms with Crippen molar-refractivity contribution < 1.29 is 4.79 Å². The number of thiophene rings is 1. The first-order valence-electron chi connectivity index (χ1n) is 5.61. The van der Waals surface area contributed by atoms with E-state index in [9.17, 15) is 4.79 Å². The van der Waals surface area contributed by atoms with E-state index >= 15 is 0 Å². The van der Waals surface area contributed by atoms with Crippen molar-refractivity contribution in [2.24, 2.45) is 5.92 Å². The summed E-state index contributed by atoms with van der Waals surface area (Å²) in [6, 6.07) is 3.95. The van der Waals surface area contributed by atoms with Gasteiger partial charge in [0.15, 0.2) is 0 Å². The molecule has 4 heteroatoms. The fourth-order valence-electron chi connectivity index (χ4n) is 1.50. The van der Waals surface area contributed by atoms with Crippen molar-refractivity contribution in [3.05, 3.63) is 22.4 Å². The van der Waals surface area contributed by atoms with Crippen molar-refractivity contribution in [2.75, 3.05) is 12.4 Å². The number of hydrogen-bond acceptors (Lipinski definition) is 2. The summed E-state index contributed by atoms with van der Waals surface area (Å²) in [5.74, 6) is 1.28. The molecule has 16 heavy (non-hydrogen) atoms. The molecule has 0 aliphatic rings. The molecule has 1 aromatic rings. The Morgan fingerprint density at radius 3 is 3.00 bits per heavy atom. The summed E-state index contributed by atoms with van der Waals surface area (Å²) in [6.07, 6.45) is 2.53. The molecule has 0 spiro atoms. The molecule has 1 atom stereocenters. The minimum atomic E-state index is 0.107. The van der Waals surface area contributed by atoms with E-state index in [1.54, 1.807) is 11.3 Å². The van der Waals surface area contributed by atoms with Crippen LogP contribution in [0.4, 0.5) is 0 Å². The van der Waals surface area contributed by atoms with Gasteiger partial charge in [0.2, 0.25) is 5.91 Å². The molecule has 1 heterocycles. The minimum Gasteiger partial charge on any atom is -0.356 e. The second-order valence-corrected chi connectivity index (χ2v) is 5.22. The maximum atomic E-state index is 11.6. The lowest BCUT2D eigenvalue weighted by molar-refractivity contribution is -0.120. The topological polar surface area (TPSA) is 29.1 Å². The quantitative estimate of drug-likeness (QED) is 0.750. The lowest BCUT2D eigenvalue weighted by atomic mass is 10.0. The molecule has 1 unspecified atom stereocenters. The summed E-state index contributed by atoms with van der Waals surface area (Å²) in [5, 5.41) is 4.96. The molecule has 0 aromatic carbocycles. The highest BCUT2D eigenvalue weighted by molar-refractivity contribution is 7.10. The fraction of sp³-hybridized carbons (Fsp3) is 0.583. The van der Waals surface area contributed by atoms with Crippen LogP contribution in [0, 0.1) is 5.92 Å². The predicted molar refractivity (Wildman–Crippen MR) is 70.2 cm³/mol. The maximum Gasteiger partial charge on any atom is 0.225 e. The predicted octanol–water partition coefficient (Wildman–Crippen LogP) is 3.06. The number of amides is 1. The molecule has 90 valence electrons. The summed E-state index contributed by atoms with van der Waals surface area (Å²) < 4.78 is 0. The third kappa shape index (κ3) is 4.99. The number of carbonyl (C=O) groups is 1. The van der Waals surface area contributed by atoms with Gasteiger partial charge in [0.1, 0.15) is 0 Å². The van der Waals surface area contributed by atoms with Crippen LogP contribution in [0.1, 0.15) is 24.6 Å². The van der Waals surface area contributed by atoms with Gasteiger partial charge < -0.3 is 5.32 Å². The van der Waals surface area contributed by atoms with Gasteiger partial charge in [-0.25, -0.2) is 0 Å². The van der Waals surface area contributed by atoms with Crippen LogP contribution in [0.25, 0.3) is 0 Å². The molecule has 0 fully saturated rings. The van der Waals surface area contributed by atoms with Crippen LogP contribution in [0.15, 0.2) is 17.5 Å². The minimum absolute atomic E-state index is 0.107. The van der Waals surface area contributed by atoms with Gasteiger partial charge in [-0.2, -0.15) is 0 Å². The van der Waals surface area contributed by atoms with Gasteiger partial charge in [0, 0.05) is 17.3 Å². The Kier molecular flexibility index (Phi) is 6.50.